The van der Waals surface area contributed by atoms with Crippen LogP contribution in [-0.2, 0) is 4.79 Å². The van der Waals surface area contributed by atoms with E-state index in [1.54, 1.807) is 0 Å². The molecule has 0 aromatic heterocycles. The molecule has 4 heteroatoms. The number of aryl methyl sites for hydroxylation is 2. The fraction of sp³-hybridized carbons (Fsp3) is 0.300. The van der Waals surface area contributed by atoms with Gasteiger partial charge in [-0.15, -0.1) is 0 Å². The molecule has 0 bridgehead atoms. The molecule has 0 saturated carbocycles. The van der Waals surface area contributed by atoms with E-state index < -0.39 is 0 Å². The first-order chi connectivity index (χ1) is 6.63. The van der Waals surface area contributed by atoms with Crippen molar-refractivity contribution in [3.63, 3.8) is 0 Å². The number of carbonyl (C=O) groups is 1. The molecule has 1 aromatic carbocycles. The highest BCUT2D eigenvalue weighted by molar-refractivity contribution is 5.80. The zero-order valence-corrected chi connectivity index (χ0v) is 8.42. The van der Waals surface area contributed by atoms with Crippen molar-refractivity contribution in [2.24, 2.45) is 5.84 Å². The molecule has 0 spiro atoms. The Morgan fingerprint density at radius 2 is 2.14 bits per heavy atom. The van der Waals surface area contributed by atoms with Gasteiger partial charge in [0.25, 0.3) is 5.91 Å². The van der Waals surface area contributed by atoms with Crippen LogP contribution in [0.2, 0.25) is 0 Å². The van der Waals surface area contributed by atoms with Crippen molar-refractivity contribution in [2.45, 2.75) is 13.8 Å². The topological polar surface area (TPSA) is 67.2 Å². The van der Waals surface area contributed by atoms with Gasteiger partial charge in [-0.05, 0) is 25.5 Å². The smallest absolute Gasteiger partial charge is 0.253 e. The molecule has 76 valence electrons. The van der Waals surface area contributed by atoms with Crippen LogP contribution < -0.4 is 16.6 Å². The summed E-state index contributed by atoms with van der Waals surface area (Å²) in [5, 5.41) is 3.00. The molecule has 14 heavy (non-hydrogen) atoms. The van der Waals surface area contributed by atoms with Gasteiger partial charge in [0.2, 0.25) is 0 Å². The Hall–Kier alpha value is -1.55. The molecule has 0 radical (unpaired) electrons. The number of hydrazine groups is 1. The maximum Gasteiger partial charge on any atom is 0.253 e. The molecule has 0 unspecified atom stereocenters. The quantitative estimate of drug-likeness (QED) is 0.376. The van der Waals surface area contributed by atoms with E-state index in [1.165, 1.54) is 5.56 Å². The van der Waals surface area contributed by atoms with Crippen molar-refractivity contribution in [3.05, 3.63) is 29.3 Å². The van der Waals surface area contributed by atoms with Gasteiger partial charge in [-0.1, -0.05) is 17.7 Å². The van der Waals surface area contributed by atoms with Crippen LogP contribution >= 0.6 is 0 Å². The number of benzene rings is 1. The summed E-state index contributed by atoms with van der Waals surface area (Å²) in [6.07, 6.45) is 0. The van der Waals surface area contributed by atoms with Crippen molar-refractivity contribution in [3.8, 4) is 0 Å². The molecule has 1 aromatic rings. The van der Waals surface area contributed by atoms with Gasteiger partial charge in [-0.3, -0.25) is 10.2 Å². The summed E-state index contributed by atoms with van der Waals surface area (Å²) in [4.78, 5) is 10.9. The van der Waals surface area contributed by atoms with Crippen molar-refractivity contribution in [1.29, 1.82) is 0 Å². The van der Waals surface area contributed by atoms with Crippen molar-refractivity contribution in [1.82, 2.24) is 5.43 Å². The lowest BCUT2D eigenvalue weighted by Gasteiger charge is -2.08. The Morgan fingerprint density at radius 3 is 2.71 bits per heavy atom. The van der Waals surface area contributed by atoms with Crippen molar-refractivity contribution < 1.29 is 4.79 Å². The van der Waals surface area contributed by atoms with Gasteiger partial charge in [0.15, 0.2) is 0 Å². The minimum atomic E-state index is -0.232. The molecule has 0 aliphatic heterocycles. The Bertz CT molecular complexity index is 336. The van der Waals surface area contributed by atoms with Crippen molar-refractivity contribution in [2.75, 3.05) is 11.9 Å². The number of nitrogens with one attached hydrogen (secondary N) is 2. The van der Waals surface area contributed by atoms with E-state index in [-0.39, 0.29) is 12.5 Å². The lowest BCUT2D eigenvalue weighted by Crippen LogP contribution is -2.35. The van der Waals surface area contributed by atoms with Crippen LogP contribution in [0.5, 0.6) is 0 Å². The Morgan fingerprint density at radius 1 is 1.43 bits per heavy atom. The highest BCUT2D eigenvalue weighted by atomic mass is 16.2. The van der Waals surface area contributed by atoms with Crippen LogP contribution in [0.15, 0.2) is 18.2 Å². The molecule has 0 saturated heterocycles. The van der Waals surface area contributed by atoms with Crippen LogP contribution in [-0.4, -0.2) is 12.5 Å². The largest absolute Gasteiger partial charge is 0.376 e. The molecular formula is C10H15N3O. The average Bonchev–Trinajstić information content (AvgIpc) is 2.16. The summed E-state index contributed by atoms with van der Waals surface area (Å²) in [6, 6.07) is 6.01. The Kier molecular flexibility index (Phi) is 3.48. The maximum atomic E-state index is 10.9. The van der Waals surface area contributed by atoms with E-state index >= 15 is 0 Å². The molecule has 1 amide bonds. The molecule has 0 fully saturated rings. The second-order valence-corrected chi connectivity index (χ2v) is 3.24. The zero-order chi connectivity index (χ0) is 10.6. The lowest BCUT2D eigenvalue weighted by atomic mass is 10.1. The van der Waals surface area contributed by atoms with E-state index in [2.05, 4.69) is 16.8 Å². The third-order valence-corrected chi connectivity index (χ3v) is 1.98. The summed E-state index contributed by atoms with van der Waals surface area (Å²) in [6.45, 7) is 4.22. The number of hydrogen-bond donors (Lipinski definition) is 3. The maximum absolute atomic E-state index is 10.9. The number of rotatable bonds is 3. The van der Waals surface area contributed by atoms with Crippen LogP contribution in [0.3, 0.4) is 0 Å². The Balaban J connectivity index is 2.63. The standard InChI is InChI=1S/C10H15N3O/c1-7-3-4-9(8(2)5-7)12-6-10(14)13-11/h3-5,12H,6,11H2,1-2H3,(H,13,14). The average molecular weight is 193 g/mol. The monoisotopic (exact) mass is 193 g/mol. The second kappa shape index (κ2) is 4.62. The number of hydrogen-bond acceptors (Lipinski definition) is 3. The van der Waals surface area contributed by atoms with Gasteiger partial charge in [-0.25, -0.2) is 5.84 Å². The summed E-state index contributed by atoms with van der Waals surface area (Å²) in [5.74, 6) is 4.73. The summed E-state index contributed by atoms with van der Waals surface area (Å²) in [5.41, 5.74) is 5.35. The summed E-state index contributed by atoms with van der Waals surface area (Å²) < 4.78 is 0. The highest BCUT2D eigenvalue weighted by Crippen LogP contribution is 2.15. The highest BCUT2D eigenvalue weighted by Gasteiger charge is 2.00. The van der Waals surface area contributed by atoms with E-state index in [0.717, 1.165) is 11.3 Å². The molecule has 4 N–H and O–H groups in total. The van der Waals surface area contributed by atoms with Gasteiger partial charge in [-0.2, -0.15) is 0 Å². The minimum Gasteiger partial charge on any atom is -0.376 e. The first-order valence-electron chi connectivity index (χ1n) is 4.44. The zero-order valence-electron chi connectivity index (χ0n) is 8.42. The van der Waals surface area contributed by atoms with E-state index in [9.17, 15) is 4.79 Å². The van der Waals surface area contributed by atoms with Gasteiger partial charge in [0, 0.05) is 5.69 Å². The van der Waals surface area contributed by atoms with E-state index in [0.29, 0.717) is 0 Å². The van der Waals surface area contributed by atoms with Crippen LogP contribution in [0.25, 0.3) is 0 Å². The number of anilines is 1. The SMILES string of the molecule is Cc1ccc(NCC(=O)NN)c(C)c1. The molecule has 0 aliphatic rings. The predicted octanol–water partition coefficient (Wildman–Crippen LogP) is 0.705. The van der Waals surface area contributed by atoms with Gasteiger partial charge in [0.05, 0.1) is 6.54 Å². The molecule has 1 rings (SSSR count). The number of carbonyl (C=O) groups excluding carboxylic acids is 1. The normalized spacial score (nSPS) is 9.64. The first-order valence-corrected chi connectivity index (χ1v) is 4.44. The summed E-state index contributed by atoms with van der Waals surface area (Å²) in [7, 11) is 0. The molecule has 4 nitrogen and oxygen atoms in total. The number of amides is 1. The fourth-order valence-electron chi connectivity index (χ4n) is 1.24. The Labute approximate surface area is 83.5 Å². The second-order valence-electron chi connectivity index (χ2n) is 3.24. The molecule has 0 aliphatic carbocycles. The summed E-state index contributed by atoms with van der Waals surface area (Å²) >= 11 is 0. The fourth-order valence-corrected chi connectivity index (χ4v) is 1.24. The van der Waals surface area contributed by atoms with E-state index in [4.69, 9.17) is 5.84 Å². The lowest BCUT2D eigenvalue weighted by molar-refractivity contribution is -0.119. The third kappa shape index (κ3) is 2.74. The number of nitrogens with two attached hydrogens (primary N) is 1. The van der Waals surface area contributed by atoms with Crippen LogP contribution in [0, 0.1) is 13.8 Å². The van der Waals surface area contributed by atoms with Gasteiger partial charge < -0.3 is 5.32 Å². The molecule has 0 heterocycles. The van der Waals surface area contributed by atoms with Gasteiger partial charge in [0.1, 0.15) is 0 Å². The van der Waals surface area contributed by atoms with Crippen molar-refractivity contribution >= 4 is 11.6 Å². The molecular weight excluding hydrogens is 178 g/mol. The minimum absolute atomic E-state index is 0.195. The molecule has 0 atom stereocenters. The van der Waals surface area contributed by atoms with E-state index in [1.807, 2.05) is 26.0 Å². The van der Waals surface area contributed by atoms with Gasteiger partial charge >= 0.3 is 0 Å². The van der Waals surface area contributed by atoms with Crippen LogP contribution in [0.1, 0.15) is 11.1 Å². The first kappa shape index (κ1) is 10.5. The predicted molar refractivity (Wildman–Crippen MR) is 56.7 cm³/mol. The third-order valence-electron chi connectivity index (χ3n) is 1.98. The van der Waals surface area contributed by atoms with Crippen LogP contribution in [0.4, 0.5) is 5.69 Å².